The Labute approximate surface area is 134 Å². The molecule has 6 heteroatoms. The molecule has 3 N–H and O–H groups in total. The zero-order chi connectivity index (χ0) is 16.1. The van der Waals surface area contributed by atoms with Gasteiger partial charge in [-0.2, -0.15) is 0 Å². The third kappa shape index (κ3) is 3.90. The number of aromatic nitrogens is 1. The Morgan fingerprint density at radius 3 is 2.77 bits per heavy atom. The van der Waals surface area contributed by atoms with Crippen molar-refractivity contribution in [2.24, 2.45) is 5.73 Å². The molecule has 22 heavy (non-hydrogen) atoms. The van der Waals surface area contributed by atoms with Crippen LogP contribution in [0, 0.1) is 13.8 Å². The number of carbonyl (C=O) groups is 1. The number of amides is 1. The molecule has 0 radical (unpaired) electrons. The van der Waals surface area contributed by atoms with Crippen molar-refractivity contribution >= 4 is 17.7 Å². The van der Waals surface area contributed by atoms with E-state index < -0.39 is 0 Å². The van der Waals surface area contributed by atoms with E-state index in [0.717, 1.165) is 27.7 Å². The van der Waals surface area contributed by atoms with Gasteiger partial charge in [0, 0.05) is 28.8 Å². The fourth-order valence-electron chi connectivity index (χ4n) is 2.00. The normalized spacial score (nSPS) is 12.2. The van der Waals surface area contributed by atoms with Gasteiger partial charge in [0.1, 0.15) is 5.76 Å². The summed E-state index contributed by atoms with van der Waals surface area (Å²) >= 11 is 1.60. The molecule has 1 aromatic heterocycles. The van der Waals surface area contributed by atoms with Gasteiger partial charge in [-0.05, 0) is 32.9 Å². The lowest BCUT2D eigenvalue weighted by molar-refractivity contribution is 0.0938. The summed E-state index contributed by atoms with van der Waals surface area (Å²) in [6, 6.07) is 7.52. The average Bonchev–Trinajstić information content (AvgIpc) is 2.84. The van der Waals surface area contributed by atoms with Crippen LogP contribution in [0.5, 0.6) is 0 Å². The third-order valence-electron chi connectivity index (χ3n) is 3.42. The zero-order valence-corrected chi connectivity index (χ0v) is 13.9. The van der Waals surface area contributed by atoms with Crippen molar-refractivity contribution in [3.63, 3.8) is 0 Å². The molecule has 0 aliphatic carbocycles. The summed E-state index contributed by atoms with van der Waals surface area (Å²) in [5.41, 5.74) is 8.19. The van der Waals surface area contributed by atoms with Crippen LogP contribution in [0.1, 0.15) is 34.3 Å². The number of aryl methyl sites for hydroxylation is 2. The first-order valence-electron chi connectivity index (χ1n) is 7.17. The minimum Gasteiger partial charge on any atom is -0.361 e. The van der Waals surface area contributed by atoms with Crippen molar-refractivity contribution in [3.8, 4) is 0 Å². The fourth-order valence-corrected chi connectivity index (χ4v) is 3.20. The molecule has 1 amide bonds. The van der Waals surface area contributed by atoms with Gasteiger partial charge in [-0.15, -0.1) is 11.8 Å². The molecule has 0 saturated carbocycles. The van der Waals surface area contributed by atoms with Gasteiger partial charge in [0.15, 0.2) is 0 Å². The predicted octanol–water partition coefficient (Wildman–Crippen LogP) is 2.66. The van der Waals surface area contributed by atoms with E-state index in [0.29, 0.717) is 12.1 Å². The fraction of sp³-hybridized carbons (Fsp3) is 0.375. The molecular formula is C16H21N3O2S. The second-order valence-electron chi connectivity index (χ2n) is 5.20. The predicted molar refractivity (Wildman–Crippen MR) is 88.0 cm³/mol. The van der Waals surface area contributed by atoms with Crippen LogP contribution >= 0.6 is 11.8 Å². The van der Waals surface area contributed by atoms with Crippen LogP contribution in [0.3, 0.4) is 0 Å². The Balaban J connectivity index is 2.13. The molecule has 0 spiro atoms. The monoisotopic (exact) mass is 319 g/mol. The highest BCUT2D eigenvalue weighted by Gasteiger charge is 2.15. The number of nitrogens with two attached hydrogens (primary N) is 1. The molecule has 2 aromatic rings. The van der Waals surface area contributed by atoms with Crippen molar-refractivity contribution in [2.75, 3.05) is 6.54 Å². The van der Waals surface area contributed by atoms with Crippen LogP contribution < -0.4 is 11.1 Å². The number of hydrogen-bond donors (Lipinski definition) is 2. The van der Waals surface area contributed by atoms with Crippen LogP contribution in [-0.4, -0.2) is 23.7 Å². The molecule has 1 aromatic carbocycles. The second kappa shape index (κ2) is 7.47. The van der Waals surface area contributed by atoms with Crippen molar-refractivity contribution in [2.45, 2.75) is 37.5 Å². The standard InChI is InChI=1S/C16H21N3O2S/c1-10(8-17)18-16(20)13-6-4-5-7-15(13)22-9-14-11(2)19-21-12(14)3/h4-7,10H,8-9,17H2,1-3H3,(H,18,20)/t10-/m0/s1. The summed E-state index contributed by atoms with van der Waals surface area (Å²) in [4.78, 5) is 13.3. The van der Waals surface area contributed by atoms with Crippen LogP contribution in [0.4, 0.5) is 0 Å². The van der Waals surface area contributed by atoms with E-state index in [1.807, 2.05) is 45.0 Å². The zero-order valence-electron chi connectivity index (χ0n) is 13.1. The molecule has 0 unspecified atom stereocenters. The topological polar surface area (TPSA) is 81.2 Å². The first kappa shape index (κ1) is 16.6. The van der Waals surface area contributed by atoms with Crippen molar-refractivity contribution in [3.05, 3.63) is 46.8 Å². The van der Waals surface area contributed by atoms with Crippen LogP contribution in [0.2, 0.25) is 0 Å². The summed E-state index contributed by atoms with van der Waals surface area (Å²) in [7, 11) is 0. The van der Waals surface area contributed by atoms with Gasteiger partial charge >= 0.3 is 0 Å². The minimum absolute atomic E-state index is 0.0480. The minimum atomic E-state index is -0.0974. The number of hydrogen-bond acceptors (Lipinski definition) is 5. The number of benzene rings is 1. The van der Waals surface area contributed by atoms with E-state index in [2.05, 4.69) is 10.5 Å². The lowest BCUT2D eigenvalue weighted by Crippen LogP contribution is -2.37. The van der Waals surface area contributed by atoms with E-state index in [1.54, 1.807) is 11.8 Å². The van der Waals surface area contributed by atoms with Crippen LogP contribution in [-0.2, 0) is 5.75 Å². The van der Waals surface area contributed by atoms with E-state index >= 15 is 0 Å². The molecule has 0 fully saturated rings. The van der Waals surface area contributed by atoms with E-state index in [-0.39, 0.29) is 11.9 Å². The highest BCUT2D eigenvalue weighted by atomic mass is 32.2. The maximum absolute atomic E-state index is 12.3. The van der Waals surface area contributed by atoms with Crippen molar-refractivity contribution in [1.82, 2.24) is 10.5 Å². The van der Waals surface area contributed by atoms with Gasteiger partial charge in [-0.3, -0.25) is 4.79 Å². The largest absolute Gasteiger partial charge is 0.361 e. The number of nitrogens with one attached hydrogen (secondary N) is 1. The number of carbonyl (C=O) groups excluding carboxylic acids is 1. The average molecular weight is 319 g/mol. The molecule has 1 heterocycles. The van der Waals surface area contributed by atoms with Gasteiger partial charge in [0.05, 0.1) is 11.3 Å². The molecule has 0 bridgehead atoms. The highest BCUT2D eigenvalue weighted by Crippen LogP contribution is 2.28. The second-order valence-corrected chi connectivity index (χ2v) is 6.21. The molecule has 0 saturated heterocycles. The molecular weight excluding hydrogens is 298 g/mol. The Morgan fingerprint density at radius 2 is 2.14 bits per heavy atom. The smallest absolute Gasteiger partial charge is 0.252 e. The number of rotatable bonds is 6. The lowest BCUT2D eigenvalue weighted by atomic mass is 10.2. The Hall–Kier alpha value is -1.79. The van der Waals surface area contributed by atoms with E-state index in [1.165, 1.54) is 0 Å². The summed E-state index contributed by atoms with van der Waals surface area (Å²) in [5.74, 6) is 1.45. The van der Waals surface area contributed by atoms with Crippen LogP contribution in [0.25, 0.3) is 0 Å². The van der Waals surface area contributed by atoms with Gasteiger partial charge < -0.3 is 15.6 Å². The first-order valence-corrected chi connectivity index (χ1v) is 8.16. The summed E-state index contributed by atoms with van der Waals surface area (Å²) in [6.07, 6.45) is 0. The highest BCUT2D eigenvalue weighted by molar-refractivity contribution is 7.98. The van der Waals surface area contributed by atoms with Gasteiger partial charge in [0.2, 0.25) is 0 Å². The van der Waals surface area contributed by atoms with Crippen LogP contribution in [0.15, 0.2) is 33.7 Å². The molecule has 118 valence electrons. The SMILES string of the molecule is Cc1noc(C)c1CSc1ccccc1C(=O)N[C@@H](C)CN. The number of nitrogens with zero attached hydrogens (tertiary/aromatic N) is 1. The quantitative estimate of drug-likeness (QED) is 0.800. The van der Waals surface area contributed by atoms with Crippen molar-refractivity contribution < 1.29 is 9.32 Å². The Morgan fingerprint density at radius 1 is 1.41 bits per heavy atom. The maximum atomic E-state index is 12.3. The summed E-state index contributed by atoms with van der Waals surface area (Å²) in [5, 5.41) is 6.85. The van der Waals surface area contributed by atoms with E-state index in [9.17, 15) is 4.79 Å². The molecule has 2 rings (SSSR count). The third-order valence-corrected chi connectivity index (χ3v) is 4.52. The molecule has 0 aliphatic rings. The van der Waals surface area contributed by atoms with Gasteiger partial charge in [-0.1, -0.05) is 17.3 Å². The van der Waals surface area contributed by atoms with E-state index in [4.69, 9.17) is 10.3 Å². The molecule has 1 atom stereocenters. The maximum Gasteiger partial charge on any atom is 0.252 e. The Bertz CT molecular complexity index is 635. The first-order chi connectivity index (χ1) is 10.5. The summed E-state index contributed by atoms with van der Waals surface area (Å²) in [6.45, 7) is 6.13. The molecule has 0 aliphatic heterocycles. The molecule has 5 nitrogen and oxygen atoms in total. The van der Waals surface area contributed by atoms with Crippen molar-refractivity contribution in [1.29, 1.82) is 0 Å². The summed E-state index contributed by atoms with van der Waals surface area (Å²) < 4.78 is 5.17. The number of thioether (sulfide) groups is 1. The lowest BCUT2D eigenvalue weighted by Gasteiger charge is -2.13. The van der Waals surface area contributed by atoms with Gasteiger partial charge in [0.25, 0.3) is 5.91 Å². The van der Waals surface area contributed by atoms with Gasteiger partial charge in [-0.25, -0.2) is 0 Å². The Kier molecular flexibility index (Phi) is 5.63.